The molecular weight excluding hydrogens is 1800 g/mol. The number of amides is 3. The molecule has 51 atom stereocenters. The molecule has 0 aromatic carbocycles. The van der Waals surface area contributed by atoms with Crippen molar-refractivity contribution < 1.29 is 258 Å². The predicted octanol–water partition coefficient (Wildman–Crippen LogP) is -20.0. The molecule has 0 aliphatic carbocycles. The molecular formula is C77H137N3O52. The molecule has 0 aromatic heterocycles. The number of aliphatic hydroxyl groups excluding tert-OH is 31. The second-order valence-corrected chi connectivity index (χ2v) is 34.0. The second-order valence-electron chi connectivity index (χ2n) is 34.0. The normalized spacial score (nSPS) is 46.9. The maximum atomic E-state index is 12.2. The average Bonchev–Trinajstić information content (AvgIpc) is 0.776. The number of hydrogen-bond donors (Lipinski definition) is 34. The van der Waals surface area contributed by atoms with Gasteiger partial charge in [0.1, 0.15) is 195 Å². The van der Waals surface area contributed by atoms with Crippen molar-refractivity contribution in [1.29, 1.82) is 0 Å². The molecule has 34 N–H and O–H groups in total. The number of aliphatic hydroxyl groups is 31. The van der Waals surface area contributed by atoms with Gasteiger partial charge in [-0.25, -0.2) is 0 Å². The molecule has 0 bridgehead atoms. The van der Waals surface area contributed by atoms with Crippen LogP contribution >= 0.6 is 0 Å². The van der Waals surface area contributed by atoms with E-state index in [0.29, 0.717) is 0 Å². The van der Waals surface area contributed by atoms with E-state index in [9.17, 15) is 172 Å². The van der Waals surface area contributed by atoms with Gasteiger partial charge in [0.2, 0.25) is 17.7 Å². The molecule has 10 saturated heterocycles. The van der Waals surface area contributed by atoms with Gasteiger partial charge < -0.3 is 255 Å². The minimum atomic E-state index is -2.46. The van der Waals surface area contributed by atoms with Crippen molar-refractivity contribution in [2.75, 3.05) is 85.9 Å². The van der Waals surface area contributed by atoms with E-state index in [1.165, 1.54) is 20.8 Å². The summed E-state index contributed by atoms with van der Waals surface area (Å²) in [4.78, 5) is 47.0. The molecule has 0 saturated carbocycles. The molecule has 55 heteroatoms. The molecule has 0 spiro atoms. The van der Waals surface area contributed by atoms with Gasteiger partial charge in [-0.3, -0.25) is 19.2 Å². The van der Waals surface area contributed by atoms with Crippen LogP contribution in [0.2, 0.25) is 0 Å². The summed E-state index contributed by atoms with van der Waals surface area (Å²) < 4.78 is 94.6. The summed E-state index contributed by atoms with van der Waals surface area (Å²) in [6.07, 6.45) is -59.9. The second kappa shape index (κ2) is 52.5. The summed E-state index contributed by atoms with van der Waals surface area (Å²) in [5, 5.41) is 319. The van der Waals surface area contributed by atoms with Crippen LogP contribution in [0.5, 0.6) is 0 Å². The van der Waals surface area contributed by atoms with Crippen LogP contribution in [0.25, 0.3) is 0 Å². The van der Waals surface area contributed by atoms with Crippen LogP contribution in [0.15, 0.2) is 0 Å². The largest absolute Gasteiger partial charge is 0.410 e. The summed E-state index contributed by atoms with van der Waals surface area (Å²) in [5.41, 5.74) is 0. The van der Waals surface area contributed by atoms with Crippen molar-refractivity contribution in [3.8, 4) is 0 Å². The molecule has 3 amide bonds. The lowest BCUT2D eigenvalue weighted by molar-refractivity contribution is -0.423. The standard InChI is InChI=1S/C32H55NO22.C22H39NO15.C16H29NO10.C7H14O5/c1-11-15(39)4-32(50-10-37,55-28(11)22(42)16(40)5-34)49-9-19-24(44)26(46)27(47)31(53-19)54-29-18(7-36)52-30(20(25(29)45)33-13(3)38)48-8-14-12(2)51-17(6-35)23(43)21(14)41;1-7-9(14(28)15(29)10(3-24)35-7)6-34-21-13(23-8(2)27)17(31)20(12(5-26)37-21)38-22-19(33)18(32)16(30)11(4-25)36-22;1-6-8(12(21)13(22)9(3-18)26-6)5-25-16-11(17-7(2)20)15(24)14(23)10(4-19)27-16;1-3-5(9)7(11)6(10)4(2-8)12-3/h10-12,14-31,34-36,39-47H,4-9H2,1-3H3,(H,33,38);7,9-22,24-26,28-33H,3-6H2,1-2H3,(H,23,27);6,8-16,18-19,21-24H,3-5H2,1-2H3,(H,17,20);3-11H,2H2,1H3/t11-,12-,14?,15-,16?,17?,18+,19?,20?,21-,22?,23-,24+,25?,26+,27?,28?,29-,30-,31+,32+;7-,9?,10?,11?,12+,13?,14-,15-,16+,17?,18+,19?,20-,21-,22+;6-,8?,9?,10+,11?,12-,13-,14-,15?,16-;3-,4?,5?,6-,7-/m1111/s1. The van der Waals surface area contributed by atoms with Gasteiger partial charge in [-0.1, -0.05) is 6.92 Å². The highest BCUT2D eigenvalue weighted by Gasteiger charge is 2.59. The fourth-order valence-electron chi connectivity index (χ4n) is 16.7. The average molecular weight is 1940 g/mol. The van der Waals surface area contributed by atoms with Gasteiger partial charge in [0.15, 0.2) is 31.5 Å². The van der Waals surface area contributed by atoms with E-state index in [0.717, 1.165) is 6.92 Å². The Bertz CT molecular complexity index is 3380. The molecule has 10 fully saturated rings. The Labute approximate surface area is 754 Å². The molecule has 10 aliphatic rings. The number of carbonyl (C=O) groups is 4. The maximum Gasteiger partial charge on any atom is 0.332 e. The Morgan fingerprint density at radius 1 is 0.348 bits per heavy atom. The van der Waals surface area contributed by atoms with E-state index < -0.39 is 395 Å². The summed E-state index contributed by atoms with van der Waals surface area (Å²) >= 11 is 0. The highest BCUT2D eigenvalue weighted by atomic mass is 16.9. The molecule has 772 valence electrons. The van der Waals surface area contributed by atoms with E-state index in [4.69, 9.17) is 85.6 Å². The van der Waals surface area contributed by atoms with Crippen LogP contribution in [0.1, 0.15) is 61.8 Å². The van der Waals surface area contributed by atoms with Crippen molar-refractivity contribution in [1.82, 2.24) is 16.0 Å². The zero-order valence-electron chi connectivity index (χ0n) is 73.3. The van der Waals surface area contributed by atoms with Gasteiger partial charge in [0, 0.05) is 44.4 Å². The first-order chi connectivity index (χ1) is 62.2. The third-order valence-corrected chi connectivity index (χ3v) is 24.8. The SMILES string of the molecule is CC(=O)NC1C(O)[C@H](O)[C@H](CO)O[C@H]1OCC1[C@@H](O)[C@H](O)C(CO)O[C@@H]1C.CC(=O)NC1C(O)[C@H](O[C@@H]2OC(CO)[C@H](O)[C@H](O)C2O)[C@H](CO)O[C@H]1OCC1[C@@H](O)[C@H](O)C(CO)O[C@@H]1C.CC(=O)NC1C(O)[C@H](O[C@@H]2OC(CO[C@]3(OC=O)C[C@@H](O)[C@@H](C)C(C(O)C(O)CO)O3)[C@H](O)[C@H](O)C2O)[C@H](CO)O[C@H]1OCC1[C@@H](O)[C@H](O)C(CO)O[C@@H]1C.C[C@H]1OC(CO)[C@@H](O)[C@H](O)C1O. The predicted molar refractivity (Wildman–Crippen MR) is 422 cm³/mol. The van der Waals surface area contributed by atoms with Gasteiger partial charge in [-0.05, 0) is 27.7 Å². The number of carbonyl (C=O) groups excluding carboxylic acids is 4. The quantitative estimate of drug-likeness (QED) is 0.0220. The molecule has 10 rings (SSSR count). The topological polar surface area (TPSA) is 888 Å². The minimum Gasteiger partial charge on any atom is -0.410 e. The maximum absolute atomic E-state index is 12.2. The summed E-state index contributed by atoms with van der Waals surface area (Å²) in [6, 6.07) is -3.83. The monoisotopic (exact) mass is 1940 g/mol. The van der Waals surface area contributed by atoms with Crippen molar-refractivity contribution in [3.05, 3.63) is 0 Å². The van der Waals surface area contributed by atoms with E-state index in [1.807, 2.05) is 0 Å². The van der Waals surface area contributed by atoms with Crippen molar-refractivity contribution in [2.45, 2.75) is 349 Å². The Kier molecular flexibility index (Phi) is 45.7. The van der Waals surface area contributed by atoms with Crippen LogP contribution in [0, 0.1) is 23.7 Å². The molecule has 0 radical (unpaired) electrons. The first kappa shape index (κ1) is 115. The van der Waals surface area contributed by atoms with Gasteiger partial charge >= 0.3 is 5.97 Å². The Morgan fingerprint density at radius 3 is 0.970 bits per heavy atom. The van der Waals surface area contributed by atoms with Gasteiger partial charge in [0.25, 0.3) is 6.47 Å². The van der Waals surface area contributed by atoms with E-state index in [1.54, 1.807) is 27.7 Å². The van der Waals surface area contributed by atoms with E-state index >= 15 is 0 Å². The Hall–Kier alpha value is -4.00. The van der Waals surface area contributed by atoms with Crippen LogP contribution in [0.3, 0.4) is 0 Å². The Morgan fingerprint density at radius 2 is 0.636 bits per heavy atom. The lowest BCUT2D eigenvalue weighted by Crippen LogP contribution is -2.68. The van der Waals surface area contributed by atoms with Crippen molar-refractivity contribution in [2.24, 2.45) is 23.7 Å². The highest BCUT2D eigenvalue weighted by Crippen LogP contribution is 2.41. The van der Waals surface area contributed by atoms with E-state index in [2.05, 4.69) is 16.0 Å². The summed E-state index contributed by atoms with van der Waals surface area (Å²) in [7, 11) is 0. The molecule has 132 heavy (non-hydrogen) atoms. The Balaban J connectivity index is 0.000000267. The fourth-order valence-corrected chi connectivity index (χ4v) is 16.7. The van der Waals surface area contributed by atoms with Gasteiger partial charge in [-0.15, -0.1) is 0 Å². The van der Waals surface area contributed by atoms with Crippen LogP contribution in [-0.4, -0.2) is 556 Å². The van der Waals surface area contributed by atoms with Crippen molar-refractivity contribution >= 4 is 24.2 Å². The summed E-state index contributed by atoms with van der Waals surface area (Å²) in [5.74, 6) is -7.42. The summed E-state index contributed by atoms with van der Waals surface area (Å²) in [6.45, 7) is 4.01. The zero-order valence-corrected chi connectivity index (χ0v) is 73.3. The number of hydrogen-bond acceptors (Lipinski definition) is 52. The van der Waals surface area contributed by atoms with Crippen LogP contribution < -0.4 is 16.0 Å². The smallest absolute Gasteiger partial charge is 0.332 e. The third kappa shape index (κ3) is 28.0. The first-order valence-corrected chi connectivity index (χ1v) is 42.9. The molecule has 10 aliphatic heterocycles. The highest BCUT2D eigenvalue weighted by molar-refractivity contribution is 5.74. The lowest BCUT2D eigenvalue weighted by atomic mass is 9.87. The number of rotatable bonds is 32. The van der Waals surface area contributed by atoms with E-state index in [-0.39, 0.29) is 32.9 Å². The zero-order chi connectivity index (χ0) is 98.8. The number of ether oxygens (including phenoxy) is 17. The van der Waals surface area contributed by atoms with Gasteiger partial charge in [0.05, 0.1) is 147 Å². The van der Waals surface area contributed by atoms with Crippen LogP contribution in [0.4, 0.5) is 0 Å². The molecule has 0 aromatic rings. The van der Waals surface area contributed by atoms with Crippen molar-refractivity contribution in [3.63, 3.8) is 0 Å². The van der Waals surface area contributed by atoms with Gasteiger partial charge in [-0.2, -0.15) is 0 Å². The number of nitrogens with one attached hydrogen (secondary N) is 3. The third-order valence-electron chi connectivity index (χ3n) is 24.8. The molecule has 55 nitrogen and oxygen atoms in total. The molecule has 21 unspecified atom stereocenters. The lowest BCUT2D eigenvalue weighted by Gasteiger charge is -2.48. The van der Waals surface area contributed by atoms with Crippen LogP contribution in [-0.2, 0) is 99.7 Å². The minimum absolute atomic E-state index is 0.0964. The molecule has 10 heterocycles. The first-order valence-electron chi connectivity index (χ1n) is 42.9. The fraction of sp³-hybridized carbons (Fsp3) is 0.948.